The maximum Gasteiger partial charge on any atom is 0.233 e. The van der Waals surface area contributed by atoms with Gasteiger partial charge >= 0.3 is 0 Å². The number of aromatic nitrogens is 2. The molecule has 3 rings (SSSR count). The molecule has 0 saturated heterocycles. The minimum atomic E-state index is 0.266. The Morgan fingerprint density at radius 3 is 2.38 bits per heavy atom. The van der Waals surface area contributed by atoms with Crippen molar-refractivity contribution in [3.05, 3.63) is 71.8 Å². The largest absolute Gasteiger partial charge is 0.496 e. The standard InChI is InChI=1S/C21H23N3O2/c1-15(17-7-5-4-6-8-17)22-14-16-9-11-20(25-2)18(13-16)19-10-12-21(26-3)24-23-19/h4-13,15,22H,14H2,1-3H3. The van der Waals surface area contributed by atoms with E-state index >= 15 is 0 Å². The van der Waals surface area contributed by atoms with Gasteiger partial charge in [0.25, 0.3) is 0 Å². The molecule has 0 aliphatic heterocycles. The number of hydrogen-bond acceptors (Lipinski definition) is 5. The first-order chi connectivity index (χ1) is 12.7. The summed E-state index contributed by atoms with van der Waals surface area (Å²) in [5, 5.41) is 11.8. The van der Waals surface area contributed by atoms with E-state index in [-0.39, 0.29) is 6.04 Å². The van der Waals surface area contributed by atoms with E-state index in [0.29, 0.717) is 5.88 Å². The van der Waals surface area contributed by atoms with Crippen LogP contribution in [0.25, 0.3) is 11.3 Å². The molecule has 1 heterocycles. The van der Waals surface area contributed by atoms with Gasteiger partial charge in [-0.1, -0.05) is 36.4 Å². The Labute approximate surface area is 154 Å². The zero-order chi connectivity index (χ0) is 18.4. The lowest BCUT2D eigenvalue weighted by atomic mass is 10.0. The summed E-state index contributed by atoms with van der Waals surface area (Å²) in [6.07, 6.45) is 0. The van der Waals surface area contributed by atoms with Crippen LogP contribution in [0.1, 0.15) is 24.1 Å². The average molecular weight is 349 g/mol. The summed E-state index contributed by atoms with van der Waals surface area (Å²) in [6, 6.07) is 20.5. The van der Waals surface area contributed by atoms with Crippen LogP contribution >= 0.6 is 0 Å². The van der Waals surface area contributed by atoms with Crippen molar-refractivity contribution in [1.82, 2.24) is 15.5 Å². The molecule has 26 heavy (non-hydrogen) atoms. The molecule has 5 nitrogen and oxygen atoms in total. The number of hydrogen-bond donors (Lipinski definition) is 1. The summed E-state index contributed by atoms with van der Waals surface area (Å²) in [7, 11) is 3.23. The quantitative estimate of drug-likeness (QED) is 0.698. The Kier molecular flexibility index (Phi) is 5.81. The maximum atomic E-state index is 5.49. The summed E-state index contributed by atoms with van der Waals surface area (Å²) >= 11 is 0. The first kappa shape index (κ1) is 17.9. The third kappa shape index (κ3) is 4.18. The Hall–Kier alpha value is -2.92. The fourth-order valence-corrected chi connectivity index (χ4v) is 2.77. The fourth-order valence-electron chi connectivity index (χ4n) is 2.77. The van der Waals surface area contributed by atoms with E-state index in [1.807, 2.05) is 18.2 Å². The number of methoxy groups -OCH3 is 2. The highest BCUT2D eigenvalue weighted by molar-refractivity contribution is 5.67. The van der Waals surface area contributed by atoms with Crippen molar-refractivity contribution in [1.29, 1.82) is 0 Å². The van der Waals surface area contributed by atoms with Gasteiger partial charge in [-0.25, -0.2) is 0 Å². The molecule has 1 atom stereocenters. The average Bonchev–Trinajstić information content (AvgIpc) is 2.72. The van der Waals surface area contributed by atoms with Crippen LogP contribution in [0.5, 0.6) is 11.6 Å². The van der Waals surface area contributed by atoms with Crippen molar-refractivity contribution in [3.8, 4) is 22.9 Å². The van der Waals surface area contributed by atoms with E-state index in [4.69, 9.17) is 9.47 Å². The molecule has 0 aliphatic carbocycles. The lowest BCUT2D eigenvalue weighted by molar-refractivity contribution is 0.392. The zero-order valence-electron chi connectivity index (χ0n) is 15.3. The van der Waals surface area contributed by atoms with E-state index in [9.17, 15) is 0 Å². The van der Waals surface area contributed by atoms with Crippen molar-refractivity contribution in [3.63, 3.8) is 0 Å². The van der Waals surface area contributed by atoms with E-state index in [1.165, 1.54) is 5.56 Å². The number of rotatable bonds is 7. The van der Waals surface area contributed by atoms with Crippen LogP contribution in [0, 0.1) is 0 Å². The number of benzene rings is 2. The first-order valence-corrected chi connectivity index (χ1v) is 8.54. The fraction of sp³-hybridized carbons (Fsp3) is 0.238. The molecule has 1 unspecified atom stereocenters. The second-order valence-corrected chi connectivity index (χ2v) is 6.01. The Balaban J connectivity index is 1.78. The highest BCUT2D eigenvalue weighted by Gasteiger charge is 2.11. The molecule has 0 bridgehead atoms. The summed E-state index contributed by atoms with van der Waals surface area (Å²) in [4.78, 5) is 0. The van der Waals surface area contributed by atoms with Crippen molar-refractivity contribution in [2.45, 2.75) is 19.5 Å². The topological polar surface area (TPSA) is 56.3 Å². The van der Waals surface area contributed by atoms with Crippen LogP contribution in [-0.4, -0.2) is 24.4 Å². The molecule has 1 aromatic heterocycles. The second-order valence-electron chi connectivity index (χ2n) is 6.01. The minimum absolute atomic E-state index is 0.266. The molecule has 0 radical (unpaired) electrons. The monoisotopic (exact) mass is 349 g/mol. The molecule has 134 valence electrons. The van der Waals surface area contributed by atoms with Crippen LogP contribution in [0.15, 0.2) is 60.7 Å². The van der Waals surface area contributed by atoms with Gasteiger partial charge in [0.1, 0.15) is 5.75 Å². The lowest BCUT2D eigenvalue weighted by Gasteiger charge is -2.15. The predicted molar refractivity (Wildman–Crippen MR) is 102 cm³/mol. The van der Waals surface area contributed by atoms with E-state index < -0.39 is 0 Å². The minimum Gasteiger partial charge on any atom is -0.496 e. The molecule has 0 saturated carbocycles. The molecule has 0 amide bonds. The van der Waals surface area contributed by atoms with Gasteiger partial charge in [-0.05, 0) is 36.2 Å². The normalized spacial score (nSPS) is 11.8. The highest BCUT2D eigenvalue weighted by atomic mass is 16.5. The Morgan fingerprint density at radius 1 is 0.923 bits per heavy atom. The van der Waals surface area contributed by atoms with Crippen molar-refractivity contribution in [2.24, 2.45) is 0 Å². The summed E-state index contributed by atoms with van der Waals surface area (Å²) in [6.45, 7) is 2.91. The van der Waals surface area contributed by atoms with E-state index in [0.717, 1.165) is 29.1 Å². The van der Waals surface area contributed by atoms with Crippen LogP contribution in [-0.2, 0) is 6.54 Å². The Morgan fingerprint density at radius 2 is 1.73 bits per heavy atom. The number of nitrogens with one attached hydrogen (secondary N) is 1. The molecule has 3 aromatic rings. The summed E-state index contributed by atoms with van der Waals surface area (Å²) < 4.78 is 10.6. The van der Waals surface area contributed by atoms with Crippen LogP contribution in [0.4, 0.5) is 0 Å². The van der Waals surface area contributed by atoms with Gasteiger partial charge in [-0.15, -0.1) is 10.2 Å². The van der Waals surface area contributed by atoms with Gasteiger partial charge in [0.05, 0.1) is 19.9 Å². The predicted octanol–water partition coefficient (Wildman–Crippen LogP) is 4.01. The zero-order valence-corrected chi connectivity index (χ0v) is 15.3. The Bertz CT molecular complexity index is 836. The molecule has 0 spiro atoms. The van der Waals surface area contributed by atoms with Crippen LogP contribution < -0.4 is 14.8 Å². The van der Waals surface area contributed by atoms with Crippen molar-refractivity contribution in [2.75, 3.05) is 14.2 Å². The summed E-state index contributed by atoms with van der Waals surface area (Å²) in [5.74, 6) is 1.26. The third-order valence-electron chi connectivity index (χ3n) is 4.30. The molecule has 1 N–H and O–H groups in total. The molecular formula is C21H23N3O2. The van der Waals surface area contributed by atoms with Gasteiger partial charge in [-0.2, -0.15) is 0 Å². The van der Waals surface area contributed by atoms with E-state index in [1.54, 1.807) is 20.3 Å². The number of nitrogens with zero attached hydrogens (tertiary/aromatic N) is 2. The van der Waals surface area contributed by atoms with Gasteiger partial charge in [0.15, 0.2) is 0 Å². The highest BCUT2D eigenvalue weighted by Crippen LogP contribution is 2.30. The van der Waals surface area contributed by atoms with Crippen LogP contribution in [0.3, 0.4) is 0 Å². The van der Waals surface area contributed by atoms with Gasteiger partial charge in [0.2, 0.25) is 5.88 Å². The van der Waals surface area contributed by atoms with Crippen molar-refractivity contribution < 1.29 is 9.47 Å². The molecular weight excluding hydrogens is 326 g/mol. The summed E-state index contributed by atoms with van der Waals surface area (Å²) in [5.41, 5.74) is 4.08. The first-order valence-electron chi connectivity index (χ1n) is 8.54. The molecule has 0 fully saturated rings. The number of ether oxygens (including phenoxy) is 2. The third-order valence-corrected chi connectivity index (χ3v) is 4.30. The molecule has 5 heteroatoms. The lowest BCUT2D eigenvalue weighted by Crippen LogP contribution is -2.18. The van der Waals surface area contributed by atoms with Crippen LogP contribution in [0.2, 0.25) is 0 Å². The van der Waals surface area contributed by atoms with Crippen molar-refractivity contribution >= 4 is 0 Å². The second kappa shape index (κ2) is 8.45. The molecule has 0 aliphatic rings. The van der Waals surface area contributed by atoms with Gasteiger partial charge in [-0.3, -0.25) is 0 Å². The SMILES string of the molecule is COc1ccc(-c2cc(CNC(C)c3ccccc3)ccc2OC)nn1. The van der Waals surface area contributed by atoms with Gasteiger partial charge in [0, 0.05) is 24.2 Å². The smallest absolute Gasteiger partial charge is 0.233 e. The van der Waals surface area contributed by atoms with E-state index in [2.05, 4.69) is 58.8 Å². The van der Waals surface area contributed by atoms with Gasteiger partial charge < -0.3 is 14.8 Å². The maximum absolute atomic E-state index is 5.49. The molecule has 2 aromatic carbocycles.